The van der Waals surface area contributed by atoms with Crippen LogP contribution in [0.15, 0.2) is 24.3 Å². The van der Waals surface area contributed by atoms with Gasteiger partial charge in [-0.15, -0.1) is 0 Å². The maximum absolute atomic E-state index is 11.9. The first-order chi connectivity index (χ1) is 9.28. The minimum atomic E-state index is -0.538. The van der Waals surface area contributed by atoms with Crippen LogP contribution < -0.4 is 0 Å². The average molecular weight is 274 g/mol. The molecule has 0 spiro atoms. The molecule has 0 bridgehead atoms. The van der Waals surface area contributed by atoms with E-state index in [1.807, 2.05) is 45.0 Å². The fourth-order valence-electron chi connectivity index (χ4n) is 2.00. The number of hydrogen-bond acceptors (Lipinski definition) is 4. The predicted molar refractivity (Wildman–Crippen MR) is 75.6 cm³/mol. The summed E-state index contributed by atoms with van der Waals surface area (Å²) < 4.78 is 6.79. The Morgan fingerprint density at radius 1 is 1.25 bits per heavy atom. The molecule has 2 rings (SSSR count). The number of ether oxygens (including phenoxy) is 1. The topological polar surface area (TPSA) is 61.2 Å². The van der Waals surface area contributed by atoms with E-state index < -0.39 is 5.60 Å². The van der Waals surface area contributed by atoms with Crippen molar-refractivity contribution in [3.8, 4) is 0 Å². The lowest BCUT2D eigenvalue weighted by Gasteiger charge is -2.19. The molecule has 0 fully saturated rings. The van der Waals surface area contributed by atoms with Crippen LogP contribution in [0.3, 0.4) is 0 Å². The van der Waals surface area contributed by atoms with Crippen molar-refractivity contribution in [2.45, 2.75) is 39.8 Å². The lowest BCUT2D eigenvalue weighted by atomic mass is 10.2. The zero-order valence-electron chi connectivity index (χ0n) is 12.1. The standard InChI is InChI=1S/C15H18N2O3/c1-10(18)14-11-7-5-6-8-12(11)17(16-14)9-13(19)20-15(2,3)4/h5-8H,9H2,1-4H3. The van der Waals surface area contributed by atoms with Gasteiger partial charge in [-0.2, -0.15) is 5.10 Å². The summed E-state index contributed by atoms with van der Waals surface area (Å²) in [6, 6.07) is 7.34. The average Bonchev–Trinajstić information content (AvgIpc) is 2.66. The Labute approximate surface area is 117 Å². The van der Waals surface area contributed by atoms with Crippen molar-refractivity contribution < 1.29 is 14.3 Å². The molecule has 0 aliphatic carbocycles. The normalized spacial score (nSPS) is 11.6. The third kappa shape index (κ3) is 3.04. The van der Waals surface area contributed by atoms with Crippen LogP contribution in [0.5, 0.6) is 0 Å². The third-order valence-electron chi connectivity index (χ3n) is 2.69. The quantitative estimate of drug-likeness (QED) is 0.637. The summed E-state index contributed by atoms with van der Waals surface area (Å²) in [5, 5.41) is 4.98. The van der Waals surface area contributed by atoms with Crippen LogP contribution in [-0.2, 0) is 16.1 Å². The van der Waals surface area contributed by atoms with Crippen LogP contribution in [0.4, 0.5) is 0 Å². The molecule has 1 aromatic carbocycles. The Bertz CT molecular complexity index is 665. The van der Waals surface area contributed by atoms with Crippen molar-refractivity contribution in [3.05, 3.63) is 30.0 Å². The van der Waals surface area contributed by atoms with Gasteiger partial charge >= 0.3 is 5.97 Å². The van der Waals surface area contributed by atoms with E-state index in [0.717, 1.165) is 10.9 Å². The summed E-state index contributed by atoms with van der Waals surface area (Å²) in [6.45, 7) is 6.89. The molecular formula is C15H18N2O3. The molecule has 0 amide bonds. The van der Waals surface area contributed by atoms with E-state index in [2.05, 4.69) is 5.10 Å². The molecule has 0 atom stereocenters. The molecule has 0 radical (unpaired) electrons. The van der Waals surface area contributed by atoms with Gasteiger partial charge in [-0.25, -0.2) is 0 Å². The zero-order chi connectivity index (χ0) is 14.9. The molecule has 20 heavy (non-hydrogen) atoms. The van der Waals surface area contributed by atoms with Gasteiger partial charge in [-0.05, 0) is 26.8 Å². The number of hydrogen-bond donors (Lipinski definition) is 0. The van der Waals surface area contributed by atoms with Crippen LogP contribution in [-0.4, -0.2) is 27.1 Å². The summed E-state index contributed by atoms with van der Waals surface area (Å²) in [5.41, 5.74) is 0.594. The van der Waals surface area contributed by atoms with Crippen molar-refractivity contribution in [1.82, 2.24) is 9.78 Å². The molecule has 1 aromatic heterocycles. The number of para-hydroxylation sites is 1. The first-order valence-electron chi connectivity index (χ1n) is 6.46. The fraction of sp³-hybridized carbons (Fsp3) is 0.400. The summed E-state index contributed by atoms with van der Waals surface area (Å²) in [4.78, 5) is 23.5. The van der Waals surface area contributed by atoms with Gasteiger partial charge in [-0.1, -0.05) is 18.2 Å². The maximum atomic E-state index is 11.9. The Hall–Kier alpha value is -2.17. The van der Waals surface area contributed by atoms with Crippen LogP contribution >= 0.6 is 0 Å². The smallest absolute Gasteiger partial charge is 0.328 e. The predicted octanol–water partition coefficient (Wildman–Crippen LogP) is 2.58. The van der Waals surface area contributed by atoms with E-state index >= 15 is 0 Å². The number of Topliss-reactive ketones (excluding diaryl/α,β-unsaturated/α-hetero) is 1. The molecule has 0 aliphatic heterocycles. The number of nitrogens with zero attached hydrogens (tertiary/aromatic N) is 2. The summed E-state index contributed by atoms with van der Waals surface area (Å²) >= 11 is 0. The number of fused-ring (bicyclic) bond motifs is 1. The van der Waals surface area contributed by atoms with Crippen LogP contribution in [0.25, 0.3) is 10.9 Å². The minimum absolute atomic E-state index is 0.00887. The van der Waals surface area contributed by atoms with Crippen molar-refractivity contribution in [2.75, 3.05) is 0 Å². The van der Waals surface area contributed by atoms with Crippen LogP contribution in [0.1, 0.15) is 38.2 Å². The monoisotopic (exact) mass is 274 g/mol. The number of ketones is 1. The molecule has 0 saturated carbocycles. The van der Waals surface area contributed by atoms with E-state index in [1.165, 1.54) is 11.6 Å². The Morgan fingerprint density at radius 3 is 2.50 bits per heavy atom. The van der Waals surface area contributed by atoms with Gasteiger partial charge in [0.15, 0.2) is 5.78 Å². The Balaban J connectivity index is 2.36. The van der Waals surface area contributed by atoms with Gasteiger partial charge in [0.25, 0.3) is 0 Å². The SMILES string of the molecule is CC(=O)c1nn(CC(=O)OC(C)(C)C)c2ccccc12. The van der Waals surface area contributed by atoms with Crippen molar-refractivity contribution in [3.63, 3.8) is 0 Å². The summed E-state index contributed by atoms with van der Waals surface area (Å²) in [5.74, 6) is -0.495. The van der Waals surface area contributed by atoms with E-state index in [0.29, 0.717) is 5.69 Å². The molecule has 2 aromatic rings. The van der Waals surface area contributed by atoms with Gasteiger partial charge in [-0.3, -0.25) is 14.3 Å². The maximum Gasteiger partial charge on any atom is 0.328 e. The van der Waals surface area contributed by atoms with Crippen molar-refractivity contribution >= 4 is 22.7 Å². The number of benzene rings is 1. The molecule has 5 nitrogen and oxygen atoms in total. The van der Waals surface area contributed by atoms with Gasteiger partial charge in [0.05, 0.1) is 5.52 Å². The Morgan fingerprint density at radius 2 is 1.90 bits per heavy atom. The number of esters is 1. The lowest BCUT2D eigenvalue weighted by Crippen LogP contribution is -2.26. The van der Waals surface area contributed by atoms with Gasteiger partial charge in [0.2, 0.25) is 0 Å². The summed E-state index contributed by atoms with van der Waals surface area (Å²) in [6.07, 6.45) is 0. The zero-order valence-corrected chi connectivity index (χ0v) is 12.1. The largest absolute Gasteiger partial charge is 0.459 e. The molecule has 0 N–H and O–H groups in total. The highest BCUT2D eigenvalue weighted by Crippen LogP contribution is 2.19. The molecule has 0 saturated heterocycles. The summed E-state index contributed by atoms with van der Waals surface area (Å²) in [7, 11) is 0. The highest BCUT2D eigenvalue weighted by molar-refractivity contribution is 6.04. The number of carbonyl (C=O) groups is 2. The second kappa shape index (κ2) is 5.07. The van der Waals surface area contributed by atoms with Gasteiger partial charge in [0, 0.05) is 12.3 Å². The lowest BCUT2D eigenvalue weighted by molar-refractivity contribution is -0.155. The van der Waals surface area contributed by atoms with Crippen LogP contribution in [0, 0.1) is 0 Å². The first kappa shape index (κ1) is 14.2. The van der Waals surface area contributed by atoms with E-state index in [-0.39, 0.29) is 18.3 Å². The van der Waals surface area contributed by atoms with Gasteiger partial charge < -0.3 is 4.74 Å². The third-order valence-corrected chi connectivity index (χ3v) is 2.69. The highest BCUT2D eigenvalue weighted by Gasteiger charge is 2.19. The van der Waals surface area contributed by atoms with Gasteiger partial charge in [0.1, 0.15) is 17.8 Å². The van der Waals surface area contributed by atoms with Crippen molar-refractivity contribution in [2.24, 2.45) is 0 Å². The number of aromatic nitrogens is 2. The van der Waals surface area contributed by atoms with Crippen LogP contribution in [0.2, 0.25) is 0 Å². The number of carbonyl (C=O) groups excluding carboxylic acids is 2. The van der Waals surface area contributed by atoms with E-state index in [4.69, 9.17) is 4.74 Å². The molecular weight excluding hydrogens is 256 g/mol. The molecule has 0 unspecified atom stereocenters. The second-order valence-corrected chi connectivity index (χ2v) is 5.67. The second-order valence-electron chi connectivity index (χ2n) is 5.67. The first-order valence-corrected chi connectivity index (χ1v) is 6.46. The van der Waals surface area contributed by atoms with Crippen molar-refractivity contribution in [1.29, 1.82) is 0 Å². The molecule has 0 aliphatic rings. The molecule has 1 heterocycles. The minimum Gasteiger partial charge on any atom is -0.459 e. The fourth-order valence-corrected chi connectivity index (χ4v) is 2.00. The highest BCUT2D eigenvalue weighted by atomic mass is 16.6. The number of rotatable bonds is 3. The Kier molecular flexibility index (Phi) is 3.61. The van der Waals surface area contributed by atoms with E-state index in [9.17, 15) is 9.59 Å². The molecule has 106 valence electrons. The van der Waals surface area contributed by atoms with E-state index in [1.54, 1.807) is 0 Å². The molecule has 5 heteroatoms.